The highest BCUT2D eigenvalue weighted by molar-refractivity contribution is 5.87. The van der Waals surface area contributed by atoms with Crippen LogP contribution in [0, 0.1) is 0 Å². The normalized spacial score (nSPS) is 20.4. The Labute approximate surface area is 391 Å². The number of hydrogen-bond acceptors (Lipinski definition) is 8. The van der Waals surface area contributed by atoms with Crippen molar-refractivity contribution in [1.29, 1.82) is 0 Å². The van der Waals surface area contributed by atoms with Gasteiger partial charge in [0.05, 0.1) is 6.61 Å². The highest BCUT2D eigenvalue weighted by atomic mass is 16.6. The van der Waals surface area contributed by atoms with E-state index < -0.39 is 49.2 Å². The summed E-state index contributed by atoms with van der Waals surface area (Å²) >= 11 is 0. The van der Waals surface area contributed by atoms with E-state index in [-0.39, 0.29) is 24.7 Å². The molecule has 7 N–H and O–H groups in total. The van der Waals surface area contributed by atoms with Crippen molar-refractivity contribution in [2.75, 3.05) is 13.2 Å². The Morgan fingerprint density at radius 3 is 1.40 bits per heavy atom. The van der Waals surface area contributed by atoms with Gasteiger partial charge in [-0.25, -0.2) is 0 Å². The molecule has 362 valence electrons. The fraction of sp³-hybridized carbons (Fsp3) is 0.537. The Morgan fingerprint density at radius 2 is 0.954 bits per heavy atom. The first-order valence-electron chi connectivity index (χ1n) is 24.1. The zero-order valence-corrected chi connectivity index (χ0v) is 39.4. The Balaban J connectivity index is 2.44. The number of aliphatic hydroxyl groups is 4. The number of allylic oxidation sites excluding steroid dienone is 22. The van der Waals surface area contributed by atoms with Crippen LogP contribution in [-0.2, 0) is 19.1 Å². The molecule has 0 aromatic carbocycles. The summed E-state index contributed by atoms with van der Waals surface area (Å²) in [6.07, 6.45) is 55.0. The van der Waals surface area contributed by atoms with Crippen molar-refractivity contribution in [3.05, 3.63) is 134 Å². The molecule has 1 fully saturated rings. The number of aliphatic hydroxyl groups excluding tert-OH is 4. The van der Waals surface area contributed by atoms with Gasteiger partial charge in [-0.1, -0.05) is 148 Å². The van der Waals surface area contributed by atoms with Gasteiger partial charge in [0.25, 0.3) is 0 Å². The number of rotatable bonds is 36. The molecule has 0 unspecified atom stereocenters. The van der Waals surface area contributed by atoms with Crippen LogP contribution in [0.1, 0.15) is 136 Å². The summed E-state index contributed by atoms with van der Waals surface area (Å²) in [6.45, 7) is 4.04. The quantitative estimate of drug-likeness (QED) is 0.0241. The van der Waals surface area contributed by atoms with E-state index >= 15 is 0 Å². The lowest BCUT2D eigenvalue weighted by Crippen LogP contribution is -2.65. The number of carbonyl (C=O) groups is 3. The third kappa shape index (κ3) is 32.6. The van der Waals surface area contributed by atoms with Crippen molar-refractivity contribution in [3.63, 3.8) is 0 Å². The Hall–Kier alpha value is -4.65. The number of hydrogen-bond donors (Lipinski definition) is 7. The van der Waals surface area contributed by atoms with E-state index in [2.05, 4.69) is 151 Å². The van der Waals surface area contributed by atoms with E-state index in [1.165, 1.54) is 0 Å². The van der Waals surface area contributed by atoms with E-state index in [0.717, 1.165) is 70.6 Å². The average molecular weight is 902 g/mol. The van der Waals surface area contributed by atoms with Gasteiger partial charge in [0.15, 0.2) is 6.29 Å². The van der Waals surface area contributed by atoms with Crippen LogP contribution < -0.4 is 16.0 Å². The second kappa shape index (κ2) is 42.0. The molecule has 11 nitrogen and oxygen atoms in total. The summed E-state index contributed by atoms with van der Waals surface area (Å²) in [5, 5.41) is 48.9. The number of unbranched alkanes of at least 4 members (excludes halogenated alkanes) is 2. The lowest BCUT2D eigenvalue weighted by Gasteiger charge is -2.40. The second-order valence-corrected chi connectivity index (χ2v) is 15.8. The molecule has 6 atom stereocenters. The van der Waals surface area contributed by atoms with Crippen molar-refractivity contribution in [2.24, 2.45) is 0 Å². The van der Waals surface area contributed by atoms with E-state index in [0.29, 0.717) is 45.1 Å². The molecule has 0 aromatic heterocycles. The molecule has 11 heteroatoms. The van der Waals surface area contributed by atoms with Crippen LogP contribution in [0.2, 0.25) is 0 Å². The summed E-state index contributed by atoms with van der Waals surface area (Å²) in [5.74, 6) is -1.04. The smallest absolute Gasteiger partial charge is 0.243 e. The molecule has 0 spiro atoms. The van der Waals surface area contributed by atoms with E-state index in [9.17, 15) is 34.8 Å². The third-order valence-electron chi connectivity index (χ3n) is 10.2. The van der Waals surface area contributed by atoms with Gasteiger partial charge in [-0.2, -0.15) is 0 Å². The largest absolute Gasteiger partial charge is 0.394 e. The molecule has 0 saturated carbocycles. The van der Waals surface area contributed by atoms with Crippen LogP contribution in [0.25, 0.3) is 0 Å². The van der Waals surface area contributed by atoms with Crippen molar-refractivity contribution < 1.29 is 39.5 Å². The summed E-state index contributed by atoms with van der Waals surface area (Å²) in [5.41, 5.74) is 0. The van der Waals surface area contributed by atoms with Gasteiger partial charge in [-0.3, -0.25) is 14.4 Å². The first-order valence-corrected chi connectivity index (χ1v) is 24.1. The van der Waals surface area contributed by atoms with Crippen molar-refractivity contribution >= 4 is 17.7 Å². The molecule has 0 radical (unpaired) electrons. The summed E-state index contributed by atoms with van der Waals surface area (Å²) < 4.78 is 5.18. The van der Waals surface area contributed by atoms with E-state index in [4.69, 9.17) is 4.74 Å². The summed E-state index contributed by atoms with van der Waals surface area (Å²) in [6, 6.07) is -2.37. The van der Waals surface area contributed by atoms with Crippen molar-refractivity contribution in [2.45, 2.75) is 173 Å². The van der Waals surface area contributed by atoms with Gasteiger partial charge in [-0.05, 0) is 109 Å². The van der Waals surface area contributed by atoms with Crippen LogP contribution in [0.15, 0.2) is 134 Å². The van der Waals surface area contributed by atoms with Crippen molar-refractivity contribution in [3.8, 4) is 0 Å². The molecular weight excluding hydrogens is 819 g/mol. The van der Waals surface area contributed by atoms with Gasteiger partial charge in [0.2, 0.25) is 17.7 Å². The Kier molecular flexibility index (Phi) is 37.7. The number of nitrogens with one attached hydrogen (secondary N) is 3. The average Bonchev–Trinajstić information content (AvgIpc) is 3.30. The minimum Gasteiger partial charge on any atom is -0.394 e. The third-order valence-corrected chi connectivity index (χ3v) is 10.2. The summed E-state index contributed by atoms with van der Waals surface area (Å²) in [7, 11) is 0. The molecule has 0 bridgehead atoms. The zero-order chi connectivity index (χ0) is 47.4. The number of carbonyl (C=O) groups excluding carboxylic acids is 3. The lowest BCUT2D eigenvalue weighted by atomic mass is 9.96. The minimum atomic E-state index is -1.68. The van der Waals surface area contributed by atoms with E-state index in [1.807, 2.05) is 12.2 Å². The maximum Gasteiger partial charge on any atom is 0.243 e. The van der Waals surface area contributed by atoms with E-state index in [1.54, 1.807) is 0 Å². The Bertz CT molecular complexity index is 1590. The maximum atomic E-state index is 13.4. The standard InChI is InChI=1S/C54H83N3O8/c1-3-5-7-9-11-13-15-17-19-21-22-24-25-27-29-31-33-35-37-42-48(59)55-44-40-39-41-46(53(63)57-50-52(62)51(61)47(45-58)65-54(50)64)56-49(60)43-38-36-34-32-30-28-26-23-20-18-16-14-12-10-8-6-4-2/h5-8,11-14,17-20,22,24,26-29,32-35,46-47,50-52,54,58,61-62,64H,3-4,9-10,15-16,21,23,25,30-31,36-45H2,1-2H3,(H,55,59)(H,56,60)(H,57,63)/t46-,47+,50+,51+,52+,54+/m0/s1. The highest BCUT2D eigenvalue weighted by Crippen LogP contribution is 2.20. The first kappa shape index (κ1) is 58.4. The zero-order valence-electron chi connectivity index (χ0n) is 39.4. The van der Waals surface area contributed by atoms with Gasteiger partial charge in [0.1, 0.15) is 30.4 Å². The maximum absolute atomic E-state index is 13.4. The molecule has 3 amide bonds. The van der Waals surface area contributed by atoms with Crippen LogP contribution in [0.3, 0.4) is 0 Å². The highest BCUT2D eigenvalue weighted by Gasteiger charge is 2.44. The van der Waals surface area contributed by atoms with Crippen LogP contribution in [0.4, 0.5) is 0 Å². The van der Waals surface area contributed by atoms with Crippen LogP contribution >= 0.6 is 0 Å². The molecule has 1 rings (SSSR count). The number of ether oxygens (including phenoxy) is 1. The molecule has 1 saturated heterocycles. The predicted molar refractivity (Wildman–Crippen MR) is 266 cm³/mol. The molecule has 1 heterocycles. The molecule has 1 aliphatic heterocycles. The van der Waals surface area contributed by atoms with Gasteiger partial charge in [0, 0.05) is 19.4 Å². The molecule has 1 aliphatic rings. The molecular formula is C54H83N3O8. The van der Waals surface area contributed by atoms with Crippen LogP contribution in [-0.4, -0.2) is 88.0 Å². The monoisotopic (exact) mass is 902 g/mol. The molecule has 0 aromatic rings. The van der Waals surface area contributed by atoms with Gasteiger partial charge < -0.3 is 41.1 Å². The predicted octanol–water partition coefficient (Wildman–Crippen LogP) is 9.07. The SMILES string of the molecule is CCC=CCC=CCC=CCC=CCC=CCC=CCCC(=O)NCCCC[C@H](NC(=O)CCCC=CCC=CCC=CCC=CCC=CCC)C(=O)N[C@@H]1[C@@H](O)[C@H](O)[C@@H](CO)O[C@H]1O. The summed E-state index contributed by atoms with van der Waals surface area (Å²) in [4.78, 5) is 38.8. The topological polar surface area (TPSA) is 177 Å². The molecule has 0 aliphatic carbocycles. The van der Waals surface area contributed by atoms with Gasteiger partial charge >= 0.3 is 0 Å². The fourth-order valence-corrected chi connectivity index (χ4v) is 6.45. The minimum absolute atomic E-state index is 0.0698. The van der Waals surface area contributed by atoms with Crippen LogP contribution in [0.5, 0.6) is 0 Å². The van der Waals surface area contributed by atoms with Crippen molar-refractivity contribution in [1.82, 2.24) is 16.0 Å². The Morgan fingerprint density at radius 1 is 0.523 bits per heavy atom. The second-order valence-electron chi connectivity index (χ2n) is 15.8. The molecule has 65 heavy (non-hydrogen) atoms. The number of amides is 3. The lowest BCUT2D eigenvalue weighted by molar-refractivity contribution is -0.254. The fourth-order valence-electron chi connectivity index (χ4n) is 6.45. The first-order chi connectivity index (χ1) is 31.7. The van der Waals surface area contributed by atoms with Gasteiger partial charge in [-0.15, -0.1) is 0 Å².